The van der Waals surface area contributed by atoms with E-state index in [4.69, 9.17) is 4.74 Å². The molecule has 0 aromatic carbocycles. The molecule has 1 N–H and O–H groups in total. The van der Waals surface area contributed by atoms with Crippen LogP contribution in [0.15, 0.2) is 0 Å². The molecule has 76 valence electrons. The van der Waals surface area contributed by atoms with E-state index < -0.39 is 0 Å². The standard InChI is InChI=1S/C11H21NO/c1-12-11-6-2-5-10(11)9-4-3-7-13-8-9/h9-12H,2-8H2,1H3. The molecule has 3 atom stereocenters. The summed E-state index contributed by atoms with van der Waals surface area (Å²) in [5.41, 5.74) is 0. The summed E-state index contributed by atoms with van der Waals surface area (Å²) in [6.45, 7) is 2.01. The molecule has 0 amide bonds. The average Bonchev–Trinajstić information content (AvgIpc) is 2.67. The fraction of sp³-hybridized carbons (Fsp3) is 1.00. The average molecular weight is 183 g/mol. The monoisotopic (exact) mass is 183 g/mol. The van der Waals surface area contributed by atoms with E-state index in [1.54, 1.807) is 0 Å². The molecule has 2 aliphatic rings. The van der Waals surface area contributed by atoms with Crippen molar-refractivity contribution in [1.82, 2.24) is 5.32 Å². The number of rotatable bonds is 2. The Morgan fingerprint density at radius 3 is 2.77 bits per heavy atom. The molecule has 0 aromatic heterocycles. The Bertz CT molecular complexity index is 154. The minimum atomic E-state index is 0.770. The zero-order valence-electron chi connectivity index (χ0n) is 8.59. The Labute approximate surface area is 81.0 Å². The summed E-state index contributed by atoms with van der Waals surface area (Å²) < 4.78 is 5.56. The van der Waals surface area contributed by atoms with Crippen LogP contribution in [0.25, 0.3) is 0 Å². The molecule has 0 radical (unpaired) electrons. The highest BCUT2D eigenvalue weighted by atomic mass is 16.5. The van der Waals surface area contributed by atoms with Gasteiger partial charge in [-0.3, -0.25) is 0 Å². The predicted octanol–water partition coefficient (Wildman–Crippen LogP) is 1.80. The van der Waals surface area contributed by atoms with E-state index >= 15 is 0 Å². The third kappa shape index (κ3) is 2.05. The van der Waals surface area contributed by atoms with Crippen molar-refractivity contribution in [2.75, 3.05) is 20.3 Å². The summed E-state index contributed by atoms with van der Waals surface area (Å²) in [5, 5.41) is 3.46. The van der Waals surface area contributed by atoms with E-state index in [-0.39, 0.29) is 0 Å². The first-order valence-electron chi connectivity index (χ1n) is 5.67. The molecule has 2 nitrogen and oxygen atoms in total. The van der Waals surface area contributed by atoms with Crippen LogP contribution in [-0.2, 0) is 4.74 Å². The largest absolute Gasteiger partial charge is 0.381 e. The predicted molar refractivity (Wildman–Crippen MR) is 53.7 cm³/mol. The van der Waals surface area contributed by atoms with Crippen LogP contribution in [0.5, 0.6) is 0 Å². The molecule has 2 fully saturated rings. The topological polar surface area (TPSA) is 21.3 Å². The highest BCUT2D eigenvalue weighted by Gasteiger charge is 2.33. The second-order valence-electron chi connectivity index (χ2n) is 4.47. The van der Waals surface area contributed by atoms with Gasteiger partial charge in [0, 0.05) is 19.3 Å². The second-order valence-corrected chi connectivity index (χ2v) is 4.47. The Hall–Kier alpha value is -0.0800. The lowest BCUT2D eigenvalue weighted by atomic mass is 9.84. The summed E-state index contributed by atoms with van der Waals surface area (Å²) in [4.78, 5) is 0. The zero-order chi connectivity index (χ0) is 9.10. The van der Waals surface area contributed by atoms with Gasteiger partial charge in [0.2, 0.25) is 0 Å². The summed E-state index contributed by atoms with van der Waals surface area (Å²) in [7, 11) is 2.10. The zero-order valence-corrected chi connectivity index (χ0v) is 8.59. The Morgan fingerprint density at radius 1 is 1.15 bits per heavy atom. The maximum absolute atomic E-state index is 5.56. The Balaban J connectivity index is 1.90. The van der Waals surface area contributed by atoms with Gasteiger partial charge in [-0.1, -0.05) is 6.42 Å². The van der Waals surface area contributed by atoms with E-state index in [1.165, 1.54) is 32.1 Å². The molecule has 0 spiro atoms. The first-order valence-corrected chi connectivity index (χ1v) is 5.67. The smallest absolute Gasteiger partial charge is 0.0497 e. The maximum Gasteiger partial charge on any atom is 0.0497 e. The molecule has 13 heavy (non-hydrogen) atoms. The summed E-state index contributed by atoms with van der Waals surface area (Å²) in [6.07, 6.45) is 6.87. The number of hydrogen-bond acceptors (Lipinski definition) is 2. The van der Waals surface area contributed by atoms with Gasteiger partial charge in [-0.05, 0) is 44.6 Å². The minimum absolute atomic E-state index is 0.770. The van der Waals surface area contributed by atoms with Crippen LogP contribution in [0.3, 0.4) is 0 Å². The van der Waals surface area contributed by atoms with Gasteiger partial charge >= 0.3 is 0 Å². The summed E-state index contributed by atoms with van der Waals surface area (Å²) in [5.74, 6) is 1.74. The normalized spacial score (nSPS) is 40.8. The molecule has 0 aromatic rings. The van der Waals surface area contributed by atoms with Crippen LogP contribution in [0.4, 0.5) is 0 Å². The first-order chi connectivity index (χ1) is 6.42. The van der Waals surface area contributed by atoms with Gasteiger partial charge in [-0.15, -0.1) is 0 Å². The van der Waals surface area contributed by atoms with Gasteiger partial charge in [0.15, 0.2) is 0 Å². The molecule has 2 heteroatoms. The van der Waals surface area contributed by atoms with Gasteiger partial charge < -0.3 is 10.1 Å². The fourth-order valence-corrected chi connectivity index (χ4v) is 3.01. The molecule has 1 saturated heterocycles. The molecule has 3 unspecified atom stereocenters. The van der Waals surface area contributed by atoms with Crippen molar-refractivity contribution >= 4 is 0 Å². The van der Waals surface area contributed by atoms with E-state index in [9.17, 15) is 0 Å². The lowest BCUT2D eigenvalue weighted by Gasteiger charge is -2.31. The molecule has 0 bridgehead atoms. The van der Waals surface area contributed by atoms with Gasteiger partial charge in [0.1, 0.15) is 0 Å². The van der Waals surface area contributed by atoms with Crippen LogP contribution in [0, 0.1) is 11.8 Å². The second kappa shape index (κ2) is 4.43. The van der Waals surface area contributed by atoms with Crippen molar-refractivity contribution in [1.29, 1.82) is 0 Å². The quantitative estimate of drug-likeness (QED) is 0.705. The maximum atomic E-state index is 5.56. The van der Waals surface area contributed by atoms with Crippen LogP contribution in [0.2, 0.25) is 0 Å². The number of ether oxygens (including phenoxy) is 1. The molecule has 1 aliphatic heterocycles. The summed E-state index contributed by atoms with van der Waals surface area (Å²) >= 11 is 0. The van der Waals surface area contributed by atoms with Crippen molar-refractivity contribution in [3.8, 4) is 0 Å². The van der Waals surface area contributed by atoms with Crippen LogP contribution in [-0.4, -0.2) is 26.3 Å². The first kappa shape index (κ1) is 9.47. The molecular weight excluding hydrogens is 162 g/mol. The molecular formula is C11H21NO. The van der Waals surface area contributed by atoms with Crippen molar-refractivity contribution in [3.63, 3.8) is 0 Å². The van der Waals surface area contributed by atoms with Crippen molar-refractivity contribution < 1.29 is 4.74 Å². The SMILES string of the molecule is CNC1CCCC1C1CCCOC1. The third-order valence-corrected chi connectivity index (χ3v) is 3.74. The summed E-state index contributed by atoms with van der Waals surface area (Å²) in [6, 6.07) is 0.770. The minimum Gasteiger partial charge on any atom is -0.381 e. The van der Waals surface area contributed by atoms with E-state index in [1.807, 2.05) is 0 Å². The van der Waals surface area contributed by atoms with E-state index in [0.29, 0.717) is 0 Å². The molecule has 1 saturated carbocycles. The van der Waals surface area contributed by atoms with Crippen molar-refractivity contribution in [3.05, 3.63) is 0 Å². The molecule has 1 heterocycles. The lowest BCUT2D eigenvalue weighted by molar-refractivity contribution is 0.0268. The van der Waals surface area contributed by atoms with Crippen molar-refractivity contribution in [2.45, 2.75) is 38.1 Å². The number of hydrogen-bond donors (Lipinski definition) is 1. The van der Waals surface area contributed by atoms with Crippen LogP contribution >= 0.6 is 0 Å². The molecule has 1 aliphatic carbocycles. The van der Waals surface area contributed by atoms with Crippen LogP contribution < -0.4 is 5.32 Å². The van der Waals surface area contributed by atoms with Gasteiger partial charge in [0.05, 0.1) is 0 Å². The third-order valence-electron chi connectivity index (χ3n) is 3.74. The number of nitrogens with one attached hydrogen (secondary N) is 1. The Kier molecular flexibility index (Phi) is 3.23. The van der Waals surface area contributed by atoms with Gasteiger partial charge in [0.25, 0.3) is 0 Å². The van der Waals surface area contributed by atoms with E-state index in [0.717, 1.165) is 31.1 Å². The van der Waals surface area contributed by atoms with Crippen molar-refractivity contribution in [2.24, 2.45) is 11.8 Å². The van der Waals surface area contributed by atoms with E-state index in [2.05, 4.69) is 12.4 Å². The fourth-order valence-electron chi connectivity index (χ4n) is 3.01. The van der Waals surface area contributed by atoms with Crippen LogP contribution in [0.1, 0.15) is 32.1 Å². The molecule has 2 rings (SSSR count). The highest BCUT2D eigenvalue weighted by molar-refractivity contribution is 4.87. The lowest BCUT2D eigenvalue weighted by Crippen LogP contribution is -2.36. The highest BCUT2D eigenvalue weighted by Crippen LogP contribution is 2.35. The Morgan fingerprint density at radius 2 is 2.08 bits per heavy atom. The van der Waals surface area contributed by atoms with Gasteiger partial charge in [-0.2, -0.15) is 0 Å². The van der Waals surface area contributed by atoms with Gasteiger partial charge in [-0.25, -0.2) is 0 Å².